The molecule has 0 fully saturated rings. The smallest absolute Gasteiger partial charge is 0.128 e. The molecule has 5 heteroatoms. The van der Waals surface area contributed by atoms with Gasteiger partial charge in [0.15, 0.2) is 0 Å². The Bertz CT molecular complexity index is 252. The van der Waals surface area contributed by atoms with E-state index in [1.54, 1.807) is 34.4 Å². The van der Waals surface area contributed by atoms with E-state index in [4.69, 9.17) is 0 Å². The highest BCUT2D eigenvalue weighted by Crippen LogP contribution is 2.11. The van der Waals surface area contributed by atoms with Gasteiger partial charge in [0.05, 0.1) is 0 Å². The van der Waals surface area contributed by atoms with E-state index in [1.165, 1.54) is 0 Å². The van der Waals surface area contributed by atoms with E-state index in [-0.39, 0.29) is 0 Å². The van der Waals surface area contributed by atoms with Crippen LogP contribution in [0.25, 0.3) is 0 Å². The van der Waals surface area contributed by atoms with Crippen molar-refractivity contribution in [2.24, 2.45) is 7.05 Å². The molecule has 0 radical (unpaired) electrons. The van der Waals surface area contributed by atoms with Crippen LogP contribution in [0, 0.1) is 0 Å². The molecule has 0 aliphatic rings. The molecule has 0 bridgehead atoms. The standard InChI is InChI=1S/C6H10N3S2/c1-9-6(11-3)8-5(10-2)4-7-9/h4H,1-3H3/q+1. The molecule has 0 aliphatic carbocycles. The molecule has 1 aromatic heterocycles. The molecule has 1 rings (SSSR count). The Hall–Kier alpha value is -0.290. The summed E-state index contributed by atoms with van der Waals surface area (Å²) in [6, 6.07) is 0. The second kappa shape index (κ2) is 3.92. The van der Waals surface area contributed by atoms with Gasteiger partial charge in [-0.05, 0) is 29.3 Å². The van der Waals surface area contributed by atoms with Crippen LogP contribution in [-0.2, 0) is 7.05 Å². The first kappa shape index (κ1) is 8.80. The molecule has 0 saturated heterocycles. The molecule has 0 spiro atoms. The predicted octanol–water partition coefficient (Wildman–Crippen LogP) is 0.745. The molecular weight excluding hydrogens is 178 g/mol. The zero-order valence-electron chi connectivity index (χ0n) is 6.74. The largest absolute Gasteiger partial charge is 0.380 e. The van der Waals surface area contributed by atoms with Crippen LogP contribution in [-0.4, -0.2) is 22.6 Å². The first-order valence-electron chi connectivity index (χ1n) is 3.09. The van der Waals surface area contributed by atoms with Gasteiger partial charge in [-0.1, -0.05) is 16.9 Å². The third kappa shape index (κ3) is 2.07. The van der Waals surface area contributed by atoms with Crippen LogP contribution < -0.4 is 4.68 Å². The van der Waals surface area contributed by atoms with E-state index in [0.29, 0.717) is 0 Å². The van der Waals surface area contributed by atoms with E-state index < -0.39 is 0 Å². The van der Waals surface area contributed by atoms with Crippen LogP contribution in [0.15, 0.2) is 16.4 Å². The number of hydrogen-bond acceptors (Lipinski definition) is 4. The highest BCUT2D eigenvalue weighted by molar-refractivity contribution is 7.99. The summed E-state index contributed by atoms with van der Waals surface area (Å²) in [5, 5.41) is 6.04. The number of thioether (sulfide) groups is 2. The van der Waals surface area contributed by atoms with Crippen molar-refractivity contribution in [1.82, 2.24) is 10.1 Å². The third-order valence-corrected chi connectivity index (χ3v) is 2.55. The topological polar surface area (TPSA) is 29.7 Å². The Morgan fingerprint density at radius 3 is 2.64 bits per heavy atom. The van der Waals surface area contributed by atoms with Crippen LogP contribution in [0.3, 0.4) is 0 Å². The summed E-state index contributed by atoms with van der Waals surface area (Å²) in [4.78, 5) is 4.34. The molecule has 60 valence electrons. The average molecular weight is 188 g/mol. The van der Waals surface area contributed by atoms with Gasteiger partial charge in [0.2, 0.25) is 5.03 Å². The number of hydrogen-bond donors (Lipinski definition) is 0. The SMILES string of the molecule is CSc1cn[n+](C)c(SC)n1. The lowest BCUT2D eigenvalue weighted by atomic mass is 10.9. The number of nitrogens with zero attached hydrogens (tertiary/aromatic N) is 3. The fourth-order valence-electron chi connectivity index (χ4n) is 0.657. The molecule has 1 aromatic rings. The summed E-state index contributed by atoms with van der Waals surface area (Å²) in [5.41, 5.74) is 0. The molecule has 0 saturated carbocycles. The van der Waals surface area contributed by atoms with Gasteiger partial charge in [0.1, 0.15) is 13.2 Å². The summed E-state index contributed by atoms with van der Waals surface area (Å²) < 4.78 is 1.77. The van der Waals surface area contributed by atoms with Crippen molar-refractivity contribution in [2.75, 3.05) is 12.5 Å². The summed E-state index contributed by atoms with van der Waals surface area (Å²) in [6.07, 6.45) is 5.76. The van der Waals surface area contributed by atoms with Gasteiger partial charge in [-0.3, -0.25) is 0 Å². The van der Waals surface area contributed by atoms with E-state index >= 15 is 0 Å². The van der Waals surface area contributed by atoms with Crippen LogP contribution in [0.1, 0.15) is 0 Å². The second-order valence-electron chi connectivity index (χ2n) is 1.91. The Morgan fingerprint density at radius 2 is 2.09 bits per heavy atom. The van der Waals surface area contributed by atoms with Gasteiger partial charge in [-0.2, -0.15) is 0 Å². The first-order chi connectivity index (χ1) is 5.27. The van der Waals surface area contributed by atoms with Crippen molar-refractivity contribution >= 4 is 23.5 Å². The summed E-state index contributed by atoms with van der Waals surface area (Å²) in [6.45, 7) is 0. The van der Waals surface area contributed by atoms with Gasteiger partial charge in [-0.25, -0.2) is 0 Å². The van der Waals surface area contributed by atoms with Crippen LogP contribution in [0.4, 0.5) is 0 Å². The summed E-state index contributed by atoms with van der Waals surface area (Å²) in [7, 11) is 1.89. The van der Waals surface area contributed by atoms with Gasteiger partial charge >= 0.3 is 5.16 Å². The Balaban J connectivity index is 3.02. The molecule has 3 nitrogen and oxygen atoms in total. The maximum Gasteiger partial charge on any atom is 0.380 e. The molecule has 11 heavy (non-hydrogen) atoms. The average Bonchev–Trinajstić information content (AvgIpc) is 2.05. The summed E-state index contributed by atoms with van der Waals surface area (Å²) >= 11 is 3.21. The molecule has 0 atom stereocenters. The first-order valence-corrected chi connectivity index (χ1v) is 5.54. The van der Waals surface area contributed by atoms with Crippen molar-refractivity contribution in [1.29, 1.82) is 0 Å². The fourth-order valence-corrected chi connectivity index (χ4v) is 1.55. The monoisotopic (exact) mass is 188 g/mol. The quantitative estimate of drug-likeness (QED) is 0.506. The number of rotatable bonds is 2. The fraction of sp³-hybridized carbons (Fsp3) is 0.500. The van der Waals surface area contributed by atoms with Crippen molar-refractivity contribution in [2.45, 2.75) is 10.2 Å². The highest BCUT2D eigenvalue weighted by Gasteiger charge is 2.10. The maximum atomic E-state index is 4.34. The zero-order chi connectivity index (χ0) is 8.27. The normalized spacial score (nSPS) is 10.1. The Labute approximate surface area is 74.6 Å². The van der Waals surface area contributed by atoms with Crippen LogP contribution in [0.2, 0.25) is 0 Å². The van der Waals surface area contributed by atoms with E-state index in [9.17, 15) is 0 Å². The van der Waals surface area contributed by atoms with E-state index in [1.807, 2.05) is 19.6 Å². The zero-order valence-corrected chi connectivity index (χ0v) is 8.37. The highest BCUT2D eigenvalue weighted by atomic mass is 32.2. The third-order valence-electron chi connectivity index (χ3n) is 1.22. The van der Waals surface area contributed by atoms with E-state index in [0.717, 1.165) is 10.2 Å². The van der Waals surface area contributed by atoms with Crippen LogP contribution in [0.5, 0.6) is 0 Å². The lowest BCUT2D eigenvalue weighted by Gasteiger charge is -1.92. The molecule has 0 aliphatic heterocycles. The second-order valence-corrected chi connectivity index (χ2v) is 3.51. The minimum atomic E-state index is 0.942. The molecule has 0 amide bonds. The Kier molecular flexibility index (Phi) is 3.14. The van der Waals surface area contributed by atoms with Crippen molar-refractivity contribution in [3.05, 3.63) is 6.20 Å². The van der Waals surface area contributed by atoms with E-state index in [2.05, 4.69) is 10.1 Å². The lowest BCUT2D eigenvalue weighted by Crippen LogP contribution is -2.36. The van der Waals surface area contributed by atoms with Gasteiger partial charge in [-0.15, -0.1) is 4.68 Å². The maximum absolute atomic E-state index is 4.34. The van der Waals surface area contributed by atoms with Crippen molar-refractivity contribution < 1.29 is 4.68 Å². The minimum absolute atomic E-state index is 0.942. The lowest BCUT2D eigenvalue weighted by molar-refractivity contribution is -0.770. The molecule has 1 heterocycles. The molecule has 0 unspecified atom stereocenters. The summed E-state index contributed by atoms with van der Waals surface area (Å²) in [5.74, 6) is 0. The van der Waals surface area contributed by atoms with Gasteiger partial charge < -0.3 is 0 Å². The van der Waals surface area contributed by atoms with Crippen molar-refractivity contribution in [3.8, 4) is 0 Å². The van der Waals surface area contributed by atoms with Gasteiger partial charge in [0.25, 0.3) is 0 Å². The van der Waals surface area contributed by atoms with Crippen LogP contribution >= 0.6 is 23.5 Å². The van der Waals surface area contributed by atoms with Gasteiger partial charge in [0, 0.05) is 0 Å². The minimum Gasteiger partial charge on any atom is -0.128 e. The predicted molar refractivity (Wildman–Crippen MR) is 46.8 cm³/mol. The number of aromatic nitrogens is 3. The molecular formula is C6H10N3S2+. The molecule has 0 N–H and O–H groups in total. The molecule has 0 aromatic carbocycles. The Morgan fingerprint density at radius 1 is 1.36 bits per heavy atom. The number of aryl methyl sites for hydroxylation is 1. The van der Waals surface area contributed by atoms with Crippen molar-refractivity contribution in [3.63, 3.8) is 0 Å².